The van der Waals surface area contributed by atoms with E-state index in [0.717, 1.165) is 17.3 Å². The monoisotopic (exact) mass is 490 g/mol. The Morgan fingerprint density at radius 1 is 1.06 bits per heavy atom. The van der Waals surface area contributed by atoms with Crippen LogP contribution >= 0.6 is 11.5 Å². The molecule has 4 aromatic rings. The van der Waals surface area contributed by atoms with Crippen molar-refractivity contribution >= 4 is 28.9 Å². The number of alkyl halides is 3. The number of benzene rings is 1. The third-order valence-electron chi connectivity index (χ3n) is 4.24. The molecule has 0 saturated heterocycles. The highest BCUT2D eigenvalue weighted by atomic mass is 32.1. The quantitative estimate of drug-likeness (QED) is 0.338. The van der Waals surface area contributed by atoms with Crippen LogP contribution in [-0.4, -0.2) is 25.4 Å². The maximum absolute atomic E-state index is 14.5. The number of pyridine rings is 2. The first-order chi connectivity index (χ1) is 16.2. The molecule has 0 aliphatic carbocycles. The van der Waals surface area contributed by atoms with Gasteiger partial charge in [0.05, 0.1) is 23.1 Å². The second-order valence-corrected chi connectivity index (χ2v) is 7.75. The number of nitrogens with one attached hydrogen (secondary N) is 2. The summed E-state index contributed by atoms with van der Waals surface area (Å²) in [7, 11) is 0. The van der Waals surface area contributed by atoms with Crippen LogP contribution in [0.5, 0.6) is 11.5 Å². The van der Waals surface area contributed by atoms with Gasteiger partial charge in [-0.25, -0.2) is 14.2 Å². The van der Waals surface area contributed by atoms with E-state index in [1.165, 1.54) is 29.9 Å². The van der Waals surface area contributed by atoms with Crippen LogP contribution in [0.25, 0.3) is 11.5 Å². The molecule has 8 nitrogen and oxygen atoms in total. The van der Waals surface area contributed by atoms with E-state index in [-0.39, 0.29) is 17.1 Å². The summed E-state index contributed by atoms with van der Waals surface area (Å²) < 4.78 is 62.6. The van der Waals surface area contributed by atoms with Crippen molar-refractivity contribution in [1.82, 2.24) is 19.3 Å². The number of anilines is 2. The predicted octanol–water partition coefficient (Wildman–Crippen LogP) is 5.90. The fraction of sp³-hybridized carbons (Fsp3) is 0.0952. The third-order valence-corrected chi connectivity index (χ3v) is 4.86. The maximum atomic E-state index is 14.5. The van der Waals surface area contributed by atoms with E-state index >= 15 is 0 Å². The van der Waals surface area contributed by atoms with Crippen molar-refractivity contribution in [3.8, 4) is 23.0 Å². The SMILES string of the molecule is Cc1nc(-c2cc(Oc3ccc(NC(=O)Nc4cncc(C(F)(F)F)c4)c(F)c3)ccn2)ns1. The van der Waals surface area contributed by atoms with Gasteiger partial charge in [-0.2, -0.15) is 17.5 Å². The highest BCUT2D eigenvalue weighted by Crippen LogP contribution is 2.30. The van der Waals surface area contributed by atoms with Crippen LogP contribution < -0.4 is 15.4 Å². The van der Waals surface area contributed by atoms with Crippen LogP contribution in [0.2, 0.25) is 0 Å². The lowest BCUT2D eigenvalue weighted by Crippen LogP contribution is -2.20. The van der Waals surface area contributed by atoms with Crippen molar-refractivity contribution in [3.63, 3.8) is 0 Å². The Balaban J connectivity index is 1.42. The van der Waals surface area contributed by atoms with E-state index in [1.54, 1.807) is 12.1 Å². The van der Waals surface area contributed by atoms with E-state index in [2.05, 4.69) is 30.0 Å². The molecule has 3 heterocycles. The van der Waals surface area contributed by atoms with Gasteiger partial charge in [0.2, 0.25) is 0 Å². The molecule has 13 heteroatoms. The molecule has 4 rings (SSSR count). The molecule has 174 valence electrons. The average Bonchev–Trinajstić information content (AvgIpc) is 3.22. The molecule has 0 unspecified atom stereocenters. The number of urea groups is 1. The van der Waals surface area contributed by atoms with Crippen LogP contribution in [0.1, 0.15) is 10.6 Å². The first-order valence-electron chi connectivity index (χ1n) is 9.52. The van der Waals surface area contributed by atoms with Gasteiger partial charge in [-0.05, 0) is 42.7 Å². The summed E-state index contributed by atoms with van der Waals surface area (Å²) in [4.78, 5) is 24.0. The van der Waals surface area contributed by atoms with Crippen LogP contribution in [0.3, 0.4) is 0 Å². The lowest BCUT2D eigenvalue weighted by molar-refractivity contribution is -0.137. The number of hydrogen-bond acceptors (Lipinski definition) is 7. The molecule has 2 amide bonds. The van der Waals surface area contributed by atoms with E-state index in [4.69, 9.17) is 4.74 Å². The van der Waals surface area contributed by atoms with Crippen LogP contribution in [-0.2, 0) is 6.18 Å². The predicted molar refractivity (Wildman–Crippen MR) is 116 cm³/mol. The normalized spacial score (nSPS) is 11.2. The van der Waals surface area contributed by atoms with Gasteiger partial charge >= 0.3 is 12.2 Å². The Morgan fingerprint density at radius 2 is 1.85 bits per heavy atom. The Kier molecular flexibility index (Phi) is 6.36. The van der Waals surface area contributed by atoms with Gasteiger partial charge in [0, 0.05) is 24.5 Å². The van der Waals surface area contributed by atoms with E-state index in [1.807, 2.05) is 6.92 Å². The zero-order valence-corrected chi connectivity index (χ0v) is 18.0. The van der Waals surface area contributed by atoms with Crippen LogP contribution in [0.4, 0.5) is 33.7 Å². The van der Waals surface area contributed by atoms with Gasteiger partial charge in [0.15, 0.2) is 5.82 Å². The topological polar surface area (TPSA) is 102 Å². The van der Waals surface area contributed by atoms with Crippen molar-refractivity contribution in [2.24, 2.45) is 0 Å². The molecular weight excluding hydrogens is 476 g/mol. The molecule has 0 aliphatic heterocycles. The Labute approximate surface area is 193 Å². The van der Waals surface area contributed by atoms with Crippen molar-refractivity contribution < 1.29 is 27.1 Å². The van der Waals surface area contributed by atoms with Gasteiger partial charge < -0.3 is 15.4 Å². The number of halogens is 4. The molecule has 0 radical (unpaired) electrons. The number of carbonyl (C=O) groups excluding carboxylic acids is 1. The molecule has 0 spiro atoms. The molecule has 0 fully saturated rings. The molecule has 0 atom stereocenters. The number of aromatic nitrogens is 4. The van der Waals surface area contributed by atoms with Crippen molar-refractivity contribution in [2.75, 3.05) is 10.6 Å². The molecule has 34 heavy (non-hydrogen) atoms. The lowest BCUT2D eigenvalue weighted by atomic mass is 10.2. The average molecular weight is 490 g/mol. The molecule has 3 aromatic heterocycles. The fourth-order valence-corrected chi connectivity index (χ4v) is 3.23. The van der Waals surface area contributed by atoms with Gasteiger partial charge in [-0.3, -0.25) is 9.97 Å². The molecule has 0 saturated carbocycles. The summed E-state index contributed by atoms with van der Waals surface area (Å²) in [6.07, 6.45) is -1.45. The van der Waals surface area contributed by atoms with Gasteiger partial charge in [-0.15, -0.1) is 0 Å². The summed E-state index contributed by atoms with van der Waals surface area (Å²) in [5.41, 5.74) is -0.951. The van der Waals surface area contributed by atoms with Crippen molar-refractivity contribution in [3.05, 3.63) is 71.4 Å². The first-order valence-corrected chi connectivity index (χ1v) is 10.3. The van der Waals surface area contributed by atoms with E-state index in [0.29, 0.717) is 29.5 Å². The Hall–Kier alpha value is -4.13. The van der Waals surface area contributed by atoms with Crippen LogP contribution in [0.15, 0.2) is 55.0 Å². The molecule has 2 N–H and O–H groups in total. The number of nitrogens with zero attached hydrogens (tertiary/aromatic N) is 4. The summed E-state index contributed by atoms with van der Waals surface area (Å²) in [5.74, 6) is 0.138. The molecule has 1 aromatic carbocycles. The number of aryl methyl sites for hydroxylation is 1. The third kappa shape index (κ3) is 5.61. The minimum absolute atomic E-state index is 0.144. The standard InChI is InChI=1S/C21H14F4N6O2S/c1-11-28-19(31-34-11)18-8-15(4-5-27-18)33-14-2-3-17(16(22)7-14)30-20(32)29-13-6-12(9-26-10-13)21(23,24)25/h2-10H,1H3,(H2,29,30,32). The van der Waals surface area contributed by atoms with Crippen molar-refractivity contribution in [2.45, 2.75) is 13.1 Å². The summed E-state index contributed by atoms with van der Waals surface area (Å²) in [6, 6.07) is 6.65. The molecular formula is C21H14F4N6O2S. The van der Waals surface area contributed by atoms with E-state index < -0.39 is 23.6 Å². The smallest absolute Gasteiger partial charge is 0.417 e. The van der Waals surface area contributed by atoms with Crippen LogP contribution in [0, 0.1) is 12.7 Å². The van der Waals surface area contributed by atoms with E-state index in [9.17, 15) is 22.4 Å². The highest BCUT2D eigenvalue weighted by molar-refractivity contribution is 7.05. The first kappa shape index (κ1) is 23.0. The maximum Gasteiger partial charge on any atom is 0.417 e. The summed E-state index contributed by atoms with van der Waals surface area (Å²) in [5, 5.41) is 5.18. The molecule has 0 bridgehead atoms. The number of rotatable bonds is 5. The zero-order valence-electron chi connectivity index (χ0n) is 17.2. The van der Waals surface area contributed by atoms with Gasteiger partial charge in [0.1, 0.15) is 28.0 Å². The second-order valence-electron chi connectivity index (χ2n) is 6.80. The van der Waals surface area contributed by atoms with Gasteiger partial charge in [0.25, 0.3) is 0 Å². The number of amides is 2. The highest BCUT2D eigenvalue weighted by Gasteiger charge is 2.31. The number of hydrogen-bond donors (Lipinski definition) is 2. The minimum atomic E-state index is -4.62. The second kappa shape index (κ2) is 9.39. The summed E-state index contributed by atoms with van der Waals surface area (Å²) in [6.45, 7) is 1.82. The Morgan fingerprint density at radius 3 is 2.56 bits per heavy atom. The van der Waals surface area contributed by atoms with Gasteiger partial charge in [-0.1, -0.05) is 0 Å². The number of ether oxygens (including phenoxy) is 1. The minimum Gasteiger partial charge on any atom is -0.457 e. The summed E-state index contributed by atoms with van der Waals surface area (Å²) >= 11 is 1.23. The largest absolute Gasteiger partial charge is 0.457 e. The lowest BCUT2D eigenvalue weighted by Gasteiger charge is -2.12. The Bertz CT molecular complexity index is 1340. The van der Waals surface area contributed by atoms with Crippen molar-refractivity contribution in [1.29, 1.82) is 0 Å². The fourth-order valence-electron chi connectivity index (χ4n) is 2.74. The molecule has 0 aliphatic rings. The zero-order chi connectivity index (χ0) is 24.3. The number of carbonyl (C=O) groups is 1.